The van der Waals surface area contributed by atoms with Crippen LogP contribution in [0.4, 0.5) is 0 Å². The highest BCUT2D eigenvalue weighted by molar-refractivity contribution is 5.71. The molecule has 0 aromatic carbocycles. The van der Waals surface area contributed by atoms with Crippen molar-refractivity contribution in [1.29, 1.82) is 0 Å². The first-order valence-corrected chi connectivity index (χ1v) is 25.6. The highest BCUT2D eigenvalue weighted by atomic mass is 16.6. The Kier molecular flexibility index (Phi) is 46.9. The number of esters is 3. The number of carbonyl (C=O) groups excluding carboxylic acids is 3. The van der Waals surface area contributed by atoms with E-state index in [1.54, 1.807) is 0 Å². The SMILES string of the molecule is CCCC/C=C\C/C=C\CCCCCCCC(=O)O[C@@H](COC(=O)CCCCCCCCC/C=C\C/C=C\CCCCC)COC(=O)CCCCCCCCCCCCC. The van der Waals surface area contributed by atoms with Gasteiger partial charge in [-0.2, -0.15) is 0 Å². The second kappa shape index (κ2) is 49.0. The molecule has 0 aromatic rings. The molecule has 60 heavy (non-hydrogen) atoms. The standard InChI is InChI=1S/C54H96O6/c1-4-7-10-13-16-19-22-24-26-27-28-30-32-35-38-41-44-47-53(56)59-50-51(49-58-52(55)46-43-40-37-34-31-21-18-15-12-9-6-3)60-54(57)48-45-42-39-36-33-29-25-23-20-17-14-11-8-5-2/h14,16-17,19,23-26,51H,4-13,15,18,20-22,27-50H2,1-3H3/b17-14-,19-16-,25-23-,26-24-/t51-/m1/s1. The first kappa shape index (κ1) is 57.4. The van der Waals surface area contributed by atoms with Gasteiger partial charge in [0.1, 0.15) is 13.2 Å². The molecule has 0 heterocycles. The number of rotatable bonds is 46. The fraction of sp³-hybridized carbons (Fsp3) is 0.796. The Morgan fingerprint density at radius 3 is 1.00 bits per heavy atom. The van der Waals surface area contributed by atoms with E-state index >= 15 is 0 Å². The topological polar surface area (TPSA) is 78.9 Å². The van der Waals surface area contributed by atoms with Crippen LogP contribution in [0.3, 0.4) is 0 Å². The molecule has 1 atom stereocenters. The summed E-state index contributed by atoms with van der Waals surface area (Å²) in [6, 6.07) is 0. The van der Waals surface area contributed by atoms with Gasteiger partial charge in [-0.1, -0.05) is 211 Å². The van der Waals surface area contributed by atoms with Gasteiger partial charge in [0.05, 0.1) is 0 Å². The molecule has 0 aliphatic rings. The zero-order valence-corrected chi connectivity index (χ0v) is 39.7. The minimum atomic E-state index is -0.780. The molecule has 0 bridgehead atoms. The summed E-state index contributed by atoms with van der Waals surface area (Å²) in [5.74, 6) is -0.896. The summed E-state index contributed by atoms with van der Waals surface area (Å²) in [4.78, 5) is 37.9. The van der Waals surface area contributed by atoms with Crippen molar-refractivity contribution in [3.63, 3.8) is 0 Å². The fourth-order valence-electron chi connectivity index (χ4n) is 7.14. The summed E-state index contributed by atoms with van der Waals surface area (Å²) < 4.78 is 16.8. The Morgan fingerprint density at radius 1 is 0.333 bits per heavy atom. The number of hydrogen-bond donors (Lipinski definition) is 0. The third-order valence-corrected chi connectivity index (χ3v) is 11.1. The molecule has 0 saturated heterocycles. The monoisotopic (exact) mass is 841 g/mol. The van der Waals surface area contributed by atoms with Crippen LogP contribution < -0.4 is 0 Å². The highest BCUT2D eigenvalue weighted by Gasteiger charge is 2.19. The lowest BCUT2D eigenvalue weighted by Gasteiger charge is -2.18. The molecular formula is C54H96O6. The molecular weight excluding hydrogens is 745 g/mol. The van der Waals surface area contributed by atoms with Crippen LogP contribution in [0, 0.1) is 0 Å². The van der Waals surface area contributed by atoms with Crippen LogP contribution >= 0.6 is 0 Å². The van der Waals surface area contributed by atoms with Crippen molar-refractivity contribution in [2.24, 2.45) is 0 Å². The first-order chi connectivity index (χ1) is 29.5. The summed E-state index contributed by atoms with van der Waals surface area (Å²) in [6.07, 6.45) is 58.0. The summed E-state index contributed by atoms with van der Waals surface area (Å²) in [7, 11) is 0. The molecule has 0 spiro atoms. The molecule has 6 heteroatoms. The maximum absolute atomic E-state index is 12.8. The Bertz CT molecular complexity index is 1060. The Hall–Kier alpha value is -2.63. The van der Waals surface area contributed by atoms with Crippen LogP contribution in [0.5, 0.6) is 0 Å². The molecule has 0 amide bonds. The minimum absolute atomic E-state index is 0.0795. The Balaban J connectivity index is 4.37. The van der Waals surface area contributed by atoms with E-state index in [2.05, 4.69) is 69.4 Å². The number of allylic oxidation sites excluding steroid dienone is 8. The molecule has 0 radical (unpaired) electrons. The lowest BCUT2D eigenvalue weighted by atomic mass is 10.1. The molecule has 0 unspecified atom stereocenters. The molecule has 0 aromatic heterocycles. The molecule has 0 saturated carbocycles. The zero-order valence-electron chi connectivity index (χ0n) is 39.7. The van der Waals surface area contributed by atoms with E-state index in [1.165, 1.54) is 122 Å². The van der Waals surface area contributed by atoms with Crippen molar-refractivity contribution in [3.05, 3.63) is 48.6 Å². The van der Waals surface area contributed by atoms with E-state index in [-0.39, 0.29) is 31.1 Å². The number of hydrogen-bond acceptors (Lipinski definition) is 6. The third-order valence-electron chi connectivity index (χ3n) is 11.1. The predicted octanol–water partition coefficient (Wildman–Crippen LogP) is 16.7. The van der Waals surface area contributed by atoms with Crippen molar-refractivity contribution in [2.45, 2.75) is 264 Å². The van der Waals surface area contributed by atoms with Gasteiger partial charge in [-0.3, -0.25) is 14.4 Å². The molecule has 6 nitrogen and oxygen atoms in total. The van der Waals surface area contributed by atoms with Crippen LogP contribution in [-0.4, -0.2) is 37.2 Å². The van der Waals surface area contributed by atoms with Crippen LogP contribution in [0.1, 0.15) is 258 Å². The average molecular weight is 841 g/mol. The Morgan fingerprint density at radius 2 is 0.617 bits per heavy atom. The van der Waals surface area contributed by atoms with Crippen molar-refractivity contribution >= 4 is 17.9 Å². The van der Waals surface area contributed by atoms with E-state index in [0.29, 0.717) is 19.3 Å². The van der Waals surface area contributed by atoms with Gasteiger partial charge in [-0.15, -0.1) is 0 Å². The second-order valence-corrected chi connectivity index (χ2v) is 17.1. The van der Waals surface area contributed by atoms with E-state index in [1.807, 2.05) is 0 Å². The third kappa shape index (κ3) is 46.4. The highest BCUT2D eigenvalue weighted by Crippen LogP contribution is 2.15. The van der Waals surface area contributed by atoms with Gasteiger partial charge in [0.25, 0.3) is 0 Å². The molecule has 348 valence electrons. The van der Waals surface area contributed by atoms with Crippen molar-refractivity contribution in [2.75, 3.05) is 13.2 Å². The maximum atomic E-state index is 12.8. The predicted molar refractivity (Wildman–Crippen MR) is 256 cm³/mol. The fourth-order valence-corrected chi connectivity index (χ4v) is 7.14. The summed E-state index contributed by atoms with van der Waals surface area (Å²) in [6.45, 7) is 6.56. The lowest BCUT2D eigenvalue weighted by Crippen LogP contribution is -2.30. The molecule has 0 fully saturated rings. The van der Waals surface area contributed by atoms with Crippen LogP contribution in [0.25, 0.3) is 0 Å². The van der Waals surface area contributed by atoms with Gasteiger partial charge in [-0.05, 0) is 77.0 Å². The van der Waals surface area contributed by atoms with E-state index in [4.69, 9.17) is 14.2 Å². The number of carbonyl (C=O) groups is 3. The van der Waals surface area contributed by atoms with Crippen LogP contribution in [-0.2, 0) is 28.6 Å². The normalized spacial score (nSPS) is 12.4. The minimum Gasteiger partial charge on any atom is -0.462 e. The quantitative estimate of drug-likeness (QED) is 0.0263. The van der Waals surface area contributed by atoms with E-state index in [0.717, 1.165) is 96.3 Å². The largest absolute Gasteiger partial charge is 0.462 e. The smallest absolute Gasteiger partial charge is 0.306 e. The van der Waals surface area contributed by atoms with Crippen molar-refractivity contribution in [3.8, 4) is 0 Å². The van der Waals surface area contributed by atoms with Gasteiger partial charge in [-0.25, -0.2) is 0 Å². The average Bonchev–Trinajstić information content (AvgIpc) is 3.24. The van der Waals surface area contributed by atoms with Crippen molar-refractivity contribution in [1.82, 2.24) is 0 Å². The second-order valence-electron chi connectivity index (χ2n) is 17.1. The summed E-state index contributed by atoms with van der Waals surface area (Å²) in [5.41, 5.74) is 0. The van der Waals surface area contributed by atoms with Gasteiger partial charge in [0.15, 0.2) is 6.10 Å². The summed E-state index contributed by atoms with van der Waals surface area (Å²) in [5, 5.41) is 0. The zero-order chi connectivity index (χ0) is 43.7. The van der Waals surface area contributed by atoms with Gasteiger partial charge < -0.3 is 14.2 Å². The summed E-state index contributed by atoms with van der Waals surface area (Å²) >= 11 is 0. The first-order valence-electron chi connectivity index (χ1n) is 25.6. The van der Waals surface area contributed by atoms with Gasteiger partial charge in [0, 0.05) is 19.3 Å². The van der Waals surface area contributed by atoms with E-state index < -0.39 is 6.10 Å². The maximum Gasteiger partial charge on any atom is 0.306 e. The van der Waals surface area contributed by atoms with Gasteiger partial charge in [0.2, 0.25) is 0 Å². The number of unbranched alkanes of at least 4 members (excludes halogenated alkanes) is 27. The molecule has 0 N–H and O–H groups in total. The van der Waals surface area contributed by atoms with Crippen molar-refractivity contribution < 1.29 is 28.6 Å². The number of ether oxygens (including phenoxy) is 3. The molecule has 0 aliphatic heterocycles. The Labute approximate surface area is 371 Å². The van der Waals surface area contributed by atoms with E-state index in [9.17, 15) is 14.4 Å². The lowest BCUT2D eigenvalue weighted by molar-refractivity contribution is -0.167. The molecule has 0 rings (SSSR count). The van der Waals surface area contributed by atoms with Crippen LogP contribution in [0.15, 0.2) is 48.6 Å². The van der Waals surface area contributed by atoms with Crippen LogP contribution in [0.2, 0.25) is 0 Å². The molecule has 0 aliphatic carbocycles. The van der Waals surface area contributed by atoms with Gasteiger partial charge >= 0.3 is 17.9 Å².